The average Bonchev–Trinajstić information content (AvgIpc) is 2.70. The van der Waals surface area contributed by atoms with Gasteiger partial charge in [0.05, 0.1) is 28.4 Å². The largest absolute Gasteiger partial charge is 0.497 e. The molecule has 27 heavy (non-hydrogen) atoms. The molecule has 0 aliphatic carbocycles. The fraction of sp³-hybridized carbons (Fsp3) is 0.235. The van der Waals surface area contributed by atoms with Crippen LogP contribution in [0.3, 0.4) is 0 Å². The topological polar surface area (TPSA) is 112 Å². The Hall–Kier alpha value is -2.98. The zero-order valence-electron chi connectivity index (χ0n) is 15.2. The zero-order valence-corrected chi connectivity index (χ0v) is 16.0. The lowest BCUT2D eigenvalue weighted by atomic mass is 10.2. The summed E-state index contributed by atoms with van der Waals surface area (Å²) < 4.78 is 45.4. The highest BCUT2D eigenvalue weighted by Crippen LogP contribution is 2.28. The van der Waals surface area contributed by atoms with Crippen LogP contribution in [-0.2, 0) is 10.0 Å². The van der Waals surface area contributed by atoms with Crippen LogP contribution in [0.15, 0.2) is 41.3 Å². The molecule has 10 heteroatoms. The van der Waals surface area contributed by atoms with E-state index in [1.165, 1.54) is 58.8 Å². The molecule has 0 radical (unpaired) electrons. The van der Waals surface area contributed by atoms with E-state index < -0.39 is 15.9 Å². The highest BCUT2D eigenvalue weighted by atomic mass is 32.2. The van der Waals surface area contributed by atoms with E-state index in [2.05, 4.69) is 5.43 Å². The van der Waals surface area contributed by atoms with Crippen molar-refractivity contribution in [2.24, 2.45) is 0 Å². The van der Waals surface area contributed by atoms with Gasteiger partial charge in [-0.05, 0) is 30.3 Å². The number of amides is 1. The molecule has 0 aliphatic heterocycles. The van der Waals surface area contributed by atoms with E-state index in [-0.39, 0.29) is 16.2 Å². The number of carbonyl (C=O) groups excluding carboxylic acids is 1. The molecule has 9 nitrogen and oxygen atoms in total. The summed E-state index contributed by atoms with van der Waals surface area (Å²) in [6.45, 7) is 0. The van der Waals surface area contributed by atoms with Crippen molar-refractivity contribution >= 4 is 15.9 Å². The maximum atomic E-state index is 12.5. The number of rotatable bonds is 8. The van der Waals surface area contributed by atoms with Crippen LogP contribution in [0, 0.1) is 0 Å². The maximum Gasteiger partial charge on any atom is 0.266 e. The molecule has 0 aliphatic rings. The summed E-state index contributed by atoms with van der Waals surface area (Å²) in [6.07, 6.45) is 0. The summed E-state index contributed by atoms with van der Waals surface area (Å²) in [7, 11) is 1.53. The molecule has 2 aromatic carbocycles. The van der Waals surface area contributed by atoms with E-state index in [4.69, 9.17) is 18.9 Å². The Labute approximate surface area is 157 Å². The van der Waals surface area contributed by atoms with Crippen molar-refractivity contribution in [2.75, 3.05) is 28.4 Å². The molecule has 0 atom stereocenters. The molecule has 0 unspecified atom stereocenters. The fourth-order valence-corrected chi connectivity index (χ4v) is 3.24. The molecular formula is C17H20N2O7S. The number of hydrazine groups is 1. The van der Waals surface area contributed by atoms with E-state index in [1.54, 1.807) is 6.07 Å². The van der Waals surface area contributed by atoms with Gasteiger partial charge in [0.15, 0.2) is 11.5 Å². The van der Waals surface area contributed by atoms with Crippen molar-refractivity contribution in [1.29, 1.82) is 0 Å². The van der Waals surface area contributed by atoms with Gasteiger partial charge < -0.3 is 18.9 Å². The average molecular weight is 396 g/mol. The van der Waals surface area contributed by atoms with Gasteiger partial charge in [-0.3, -0.25) is 10.2 Å². The first-order chi connectivity index (χ1) is 12.9. The van der Waals surface area contributed by atoms with Crippen LogP contribution in [-0.4, -0.2) is 42.8 Å². The quantitative estimate of drug-likeness (QED) is 0.648. The molecule has 1 amide bonds. The smallest absolute Gasteiger partial charge is 0.266 e. The van der Waals surface area contributed by atoms with Gasteiger partial charge in [-0.1, -0.05) is 0 Å². The molecule has 2 N–H and O–H groups in total. The number of methoxy groups -OCH3 is 4. The predicted molar refractivity (Wildman–Crippen MR) is 96.9 cm³/mol. The van der Waals surface area contributed by atoms with Crippen molar-refractivity contribution in [1.82, 2.24) is 10.3 Å². The van der Waals surface area contributed by atoms with Crippen molar-refractivity contribution in [3.63, 3.8) is 0 Å². The molecule has 0 heterocycles. The predicted octanol–water partition coefficient (Wildman–Crippen LogP) is 1.34. The Morgan fingerprint density at radius 2 is 1.44 bits per heavy atom. The Morgan fingerprint density at radius 3 is 2.04 bits per heavy atom. The lowest BCUT2D eigenvalue weighted by molar-refractivity contribution is 0.0944. The fourth-order valence-electron chi connectivity index (χ4n) is 2.21. The monoisotopic (exact) mass is 396 g/mol. The van der Waals surface area contributed by atoms with Crippen LogP contribution in [0.25, 0.3) is 0 Å². The number of nitrogens with one attached hydrogen (secondary N) is 2. The van der Waals surface area contributed by atoms with Crippen LogP contribution in [0.1, 0.15) is 10.4 Å². The molecule has 146 valence electrons. The Bertz CT molecular complexity index is 929. The van der Waals surface area contributed by atoms with Gasteiger partial charge in [-0.2, -0.15) is 0 Å². The molecule has 0 bridgehead atoms. The van der Waals surface area contributed by atoms with Gasteiger partial charge in [0.25, 0.3) is 15.9 Å². The van der Waals surface area contributed by atoms with Crippen LogP contribution in [0.5, 0.6) is 23.0 Å². The van der Waals surface area contributed by atoms with E-state index in [9.17, 15) is 13.2 Å². The Kier molecular flexibility index (Phi) is 6.48. The summed E-state index contributed by atoms with van der Waals surface area (Å²) in [5.74, 6) is 0.519. The first kappa shape index (κ1) is 20.3. The van der Waals surface area contributed by atoms with Crippen molar-refractivity contribution in [3.8, 4) is 23.0 Å². The van der Waals surface area contributed by atoms with Crippen LogP contribution in [0.4, 0.5) is 0 Å². The number of sulfonamides is 1. The number of hydrogen-bond acceptors (Lipinski definition) is 7. The third kappa shape index (κ3) is 4.60. The minimum absolute atomic E-state index is 0.101. The number of carbonyl (C=O) groups is 1. The molecule has 0 fully saturated rings. The second-order valence-corrected chi connectivity index (χ2v) is 6.80. The highest BCUT2D eigenvalue weighted by molar-refractivity contribution is 7.89. The van der Waals surface area contributed by atoms with Gasteiger partial charge in [-0.25, -0.2) is 8.42 Å². The van der Waals surface area contributed by atoms with E-state index in [0.29, 0.717) is 17.2 Å². The zero-order chi connectivity index (χ0) is 20.0. The first-order valence-corrected chi connectivity index (χ1v) is 9.10. The molecule has 2 rings (SSSR count). The SMILES string of the molecule is COc1ccc(OC)c(S(=O)(=O)NNC(=O)c2ccc(OC)c(OC)c2)c1. The summed E-state index contributed by atoms with van der Waals surface area (Å²) in [6, 6.07) is 8.71. The first-order valence-electron chi connectivity index (χ1n) is 7.62. The summed E-state index contributed by atoms with van der Waals surface area (Å²) in [5, 5.41) is 0. The molecule has 0 spiro atoms. The van der Waals surface area contributed by atoms with Gasteiger partial charge in [0, 0.05) is 11.6 Å². The van der Waals surface area contributed by atoms with Crippen LogP contribution < -0.4 is 29.2 Å². The van der Waals surface area contributed by atoms with Crippen molar-refractivity contribution in [3.05, 3.63) is 42.0 Å². The standard InChI is InChI=1S/C17H20N2O7S/c1-23-12-6-8-14(25-3)16(10-12)27(21,22)19-18-17(20)11-5-7-13(24-2)15(9-11)26-4/h5-10,19H,1-4H3,(H,18,20). The van der Waals surface area contributed by atoms with E-state index in [1.807, 2.05) is 4.83 Å². The van der Waals surface area contributed by atoms with Crippen LogP contribution in [0.2, 0.25) is 0 Å². The van der Waals surface area contributed by atoms with Gasteiger partial charge in [0.2, 0.25) is 0 Å². The summed E-state index contributed by atoms with van der Waals surface area (Å²) >= 11 is 0. The summed E-state index contributed by atoms with van der Waals surface area (Å²) in [5.41, 5.74) is 2.32. The second kappa shape index (κ2) is 8.60. The number of ether oxygens (including phenoxy) is 4. The van der Waals surface area contributed by atoms with Gasteiger partial charge >= 0.3 is 0 Å². The maximum absolute atomic E-state index is 12.5. The third-order valence-corrected chi connectivity index (χ3v) is 4.87. The van der Waals surface area contributed by atoms with Crippen molar-refractivity contribution in [2.45, 2.75) is 4.90 Å². The lowest BCUT2D eigenvalue weighted by Gasteiger charge is -2.13. The van der Waals surface area contributed by atoms with E-state index in [0.717, 1.165) is 0 Å². The number of benzene rings is 2. The third-order valence-electron chi connectivity index (χ3n) is 3.60. The summed E-state index contributed by atoms with van der Waals surface area (Å²) in [4.78, 5) is 14.1. The lowest BCUT2D eigenvalue weighted by Crippen LogP contribution is -2.41. The van der Waals surface area contributed by atoms with E-state index >= 15 is 0 Å². The van der Waals surface area contributed by atoms with Gasteiger partial charge in [-0.15, -0.1) is 4.83 Å². The molecule has 2 aromatic rings. The number of hydrogen-bond donors (Lipinski definition) is 2. The van der Waals surface area contributed by atoms with Gasteiger partial charge in [0.1, 0.15) is 16.4 Å². The van der Waals surface area contributed by atoms with Crippen molar-refractivity contribution < 1.29 is 32.2 Å². The Balaban J connectivity index is 2.21. The molecular weight excluding hydrogens is 376 g/mol. The minimum Gasteiger partial charge on any atom is -0.497 e. The minimum atomic E-state index is -4.11. The normalized spacial score (nSPS) is 10.8. The molecule has 0 saturated heterocycles. The Morgan fingerprint density at radius 1 is 0.815 bits per heavy atom. The molecule has 0 saturated carbocycles. The van der Waals surface area contributed by atoms with Crippen LogP contribution >= 0.6 is 0 Å². The molecule has 0 aromatic heterocycles. The second-order valence-electron chi connectivity index (χ2n) is 5.15. The highest BCUT2D eigenvalue weighted by Gasteiger charge is 2.22.